The lowest BCUT2D eigenvalue weighted by molar-refractivity contribution is 0.195. The fourth-order valence-electron chi connectivity index (χ4n) is 2.72. The zero-order chi connectivity index (χ0) is 16.5. The molecule has 0 saturated carbocycles. The van der Waals surface area contributed by atoms with Crippen LogP contribution in [0.5, 0.6) is 0 Å². The lowest BCUT2D eigenvalue weighted by atomic mass is 9.99. The summed E-state index contributed by atoms with van der Waals surface area (Å²) in [6.07, 6.45) is 1.93. The van der Waals surface area contributed by atoms with Gasteiger partial charge in [-0.25, -0.2) is 4.79 Å². The molecule has 0 aliphatic rings. The number of nitrogens with zero attached hydrogens (tertiary/aromatic N) is 1. The molecule has 3 nitrogen and oxygen atoms in total. The Morgan fingerprint density at radius 2 is 1.30 bits per heavy atom. The molecule has 2 aromatic rings. The van der Waals surface area contributed by atoms with E-state index in [9.17, 15) is 4.79 Å². The van der Waals surface area contributed by atoms with Crippen LogP contribution in [0.15, 0.2) is 60.7 Å². The van der Waals surface area contributed by atoms with Crippen LogP contribution in [0.25, 0.3) is 0 Å². The highest BCUT2D eigenvalue weighted by molar-refractivity contribution is 5.75. The van der Waals surface area contributed by atoms with Crippen molar-refractivity contribution >= 4 is 6.03 Å². The van der Waals surface area contributed by atoms with E-state index in [1.807, 2.05) is 41.3 Å². The van der Waals surface area contributed by atoms with Gasteiger partial charge in [0.2, 0.25) is 0 Å². The molecule has 0 radical (unpaired) electrons. The van der Waals surface area contributed by atoms with Crippen molar-refractivity contribution in [2.45, 2.75) is 32.7 Å². The SMILES string of the molecule is CCCN(CCC)C(=O)NC(c1ccccc1)c1ccccc1. The van der Waals surface area contributed by atoms with Crippen molar-refractivity contribution in [3.63, 3.8) is 0 Å². The minimum atomic E-state index is -0.124. The summed E-state index contributed by atoms with van der Waals surface area (Å²) in [5.41, 5.74) is 2.19. The summed E-state index contributed by atoms with van der Waals surface area (Å²) in [5, 5.41) is 3.21. The predicted molar refractivity (Wildman–Crippen MR) is 95.4 cm³/mol. The van der Waals surface area contributed by atoms with Gasteiger partial charge in [0.05, 0.1) is 6.04 Å². The molecule has 0 aliphatic carbocycles. The monoisotopic (exact) mass is 310 g/mol. The molecule has 0 aromatic heterocycles. The second kappa shape index (κ2) is 8.99. The van der Waals surface area contributed by atoms with Crippen LogP contribution < -0.4 is 5.32 Å². The fourth-order valence-corrected chi connectivity index (χ4v) is 2.72. The van der Waals surface area contributed by atoms with E-state index in [4.69, 9.17) is 0 Å². The highest BCUT2D eigenvalue weighted by atomic mass is 16.2. The second-order valence-electron chi connectivity index (χ2n) is 5.69. The molecule has 3 heteroatoms. The van der Waals surface area contributed by atoms with E-state index in [1.54, 1.807) is 0 Å². The largest absolute Gasteiger partial charge is 0.327 e. The molecule has 0 fully saturated rings. The average Bonchev–Trinajstić information content (AvgIpc) is 2.61. The van der Waals surface area contributed by atoms with Gasteiger partial charge in [0, 0.05) is 13.1 Å². The van der Waals surface area contributed by atoms with Crippen LogP contribution in [0.2, 0.25) is 0 Å². The maximum Gasteiger partial charge on any atom is 0.318 e. The predicted octanol–water partition coefficient (Wildman–Crippen LogP) is 4.61. The first-order valence-corrected chi connectivity index (χ1v) is 8.41. The van der Waals surface area contributed by atoms with Crippen molar-refractivity contribution in [2.75, 3.05) is 13.1 Å². The maximum absolute atomic E-state index is 12.7. The third-order valence-corrected chi connectivity index (χ3v) is 3.81. The molecule has 2 aromatic carbocycles. The molecule has 0 heterocycles. The Kier molecular flexibility index (Phi) is 6.67. The molecule has 0 spiro atoms. The summed E-state index contributed by atoms with van der Waals surface area (Å²) in [5.74, 6) is 0. The molecule has 0 aliphatic heterocycles. The van der Waals surface area contributed by atoms with Gasteiger partial charge in [-0.3, -0.25) is 0 Å². The molecule has 23 heavy (non-hydrogen) atoms. The number of rotatable bonds is 7. The van der Waals surface area contributed by atoms with E-state index in [1.165, 1.54) is 0 Å². The fraction of sp³-hybridized carbons (Fsp3) is 0.350. The Bertz CT molecular complexity index is 538. The Morgan fingerprint density at radius 1 is 0.870 bits per heavy atom. The minimum Gasteiger partial charge on any atom is -0.327 e. The summed E-state index contributed by atoms with van der Waals surface area (Å²) in [7, 11) is 0. The first kappa shape index (κ1) is 17.1. The van der Waals surface area contributed by atoms with Gasteiger partial charge in [0.15, 0.2) is 0 Å². The Morgan fingerprint density at radius 3 is 1.70 bits per heavy atom. The van der Waals surface area contributed by atoms with Crippen molar-refractivity contribution < 1.29 is 4.79 Å². The lowest BCUT2D eigenvalue weighted by Crippen LogP contribution is -2.42. The van der Waals surface area contributed by atoms with E-state index < -0.39 is 0 Å². The maximum atomic E-state index is 12.7. The van der Waals surface area contributed by atoms with Gasteiger partial charge in [0.1, 0.15) is 0 Å². The second-order valence-corrected chi connectivity index (χ2v) is 5.69. The van der Waals surface area contributed by atoms with Gasteiger partial charge < -0.3 is 10.2 Å². The minimum absolute atomic E-state index is 0.00593. The zero-order valence-corrected chi connectivity index (χ0v) is 14.0. The summed E-state index contributed by atoms with van der Waals surface area (Å²) in [4.78, 5) is 14.6. The van der Waals surface area contributed by atoms with Crippen LogP contribution in [0, 0.1) is 0 Å². The average molecular weight is 310 g/mol. The van der Waals surface area contributed by atoms with Crippen LogP contribution in [0.4, 0.5) is 4.79 Å². The normalized spacial score (nSPS) is 10.6. The number of carbonyl (C=O) groups is 1. The van der Waals surface area contributed by atoms with Crippen LogP contribution in [-0.4, -0.2) is 24.0 Å². The standard InChI is InChI=1S/C20H26N2O/c1-3-15-22(16-4-2)20(23)21-19(17-11-7-5-8-12-17)18-13-9-6-10-14-18/h5-14,19H,3-4,15-16H2,1-2H3,(H,21,23). The number of urea groups is 1. The molecule has 0 bridgehead atoms. The van der Waals surface area contributed by atoms with Crippen molar-refractivity contribution in [1.29, 1.82) is 0 Å². The van der Waals surface area contributed by atoms with E-state index in [0.29, 0.717) is 0 Å². The summed E-state index contributed by atoms with van der Waals surface area (Å²) < 4.78 is 0. The molecule has 2 amide bonds. The first-order valence-electron chi connectivity index (χ1n) is 8.41. The number of nitrogens with one attached hydrogen (secondary N) is 1. The third kappa shape index (κ3) is 4.85. The highest BCUT2D eigenvalue weighted by Gasteiger charge is 2.19. The van der Waals surface area contributed by atoms with Gasteiger partial charge >= 0.3 is 6.03 Å². The van der Waals surface area contributed by atoms with E-state index >= 15 is 0 Å². The zero-order valence-electron chi connectivity index (χ0n) is 14.0. The van der Waals surface area contributed by atoms with E-state index in [0.717, 1.165) is 37.1 Å². The van der Waals surface area contributed by atoms with E-state index in [-0.39, 0.29) is 12.1 Å². The molecular weight excluding hydrogens is 284 g/mol. The number of carbonyl (C=O) groups excluding carboxylic acids is 1. The van der Waals surface area contributed by atoms with Crippen molar-refractivity contribution in [1.82, 2.24) is 10.2 Å². The van der Waals surface area contributed by atoms with Gasteiger partial charge in [-0.15, -0.1) is 0 Å². The molecule has 0 unspecified atom stereocenters. The van der Waals surface area contributed by atoms with Gasteiger partial charge in [-0.05, 0) is 24.0 Å². The molecule has 0 saturated heterocycles. The summed E-state index contributed by atoms with van der Waals surface area (Å²) >= 11 is 0. The number of benzene rings is 2. The van der Waals surface area contributed by atoms with Gasteiger partial charge in [0.25, 0.3) is 0 Å². The van der Waals surface area contributed by atoms with Crippen LogP contribution in [0.3, 0.4) is 0 Å². The Balaban J connectivity index is 2.23. The molecular formula is C20H26N2O. The molecule has 2 rings (SSSR count). The van der Waals surface area contributed by atoms with E-state index in [2.05, 4.69) is 43.4 Å². The Hall–Kier alpha value is -2.29. The molecule has 1 N–H and O–H groups in total. The van der Waals surface area contributed by atoms with Crippen LogP contribution in [-0.2, 0) is 0 Å². The molecule has 122 valence electrons. The Labute approximate surface area is 139 Å². The number of amides is 2. The van der Waals surface area contributed by atoms with Crippen molar-refractivity contribution in [2.24, 2.45) is 0 Å². The molecule has 0 atom stereocenters. The van der Waals surface area contributed by atoms with Gasteiger partial charge in [-0.1, -0.05) is 74.5 Å². The topological polar surface area (TPSA) is 32.3 Å². The smallest absolute Gasteiger partial charge is 0.318 e. The van der Waals surface area contributed by atoms with Crippen LogP contribution >= 0.6 is 0 Å². The van der Waals surface area contributed by atoms with Crippen molar-refractivity contribution in [3.05, 3.63) is 71.8 Å². The van der Waals surface area contributed by atoms with Crippen LogP contribution in [0.1, 0.15) is 43.9 Å². The lowest BCUT2D eigenvalue weighted by Gasteiger charge is -2.26. The summed E-state index contributed by atoms with van der Waals surface area (Å²) in [6.45, 7) is 5.77. The van der Waals surface area contributed by atoms with Crippen molar-refractivity contribution in [3.8, 4) is 0 Å². The highest BCUT2D eigenvalue weighted by Crippen LogP contribution is 2.22. The van der Waals surface area contributed by atoms with Gasteiger partial charge in [-0.2, -0.15) is 0 Å². The number of hydrogen-bond acceptors (Lipinski definition) is 1. The third-order valence-electron chi connectivity index (χ3n) is 3.81. The summed E-state index contributed by atoms with van der Waals surface area (Å²) in [6, 6.07) is 20.1. The first-order chi connectivity index (χ1) is 11.3. The quantitative estimate of drug-likeness (QED) is 0.796. The number of hydrogen-bond donors (Lipinski definition) is 1.